The minimum absolute atomic E-state index is 0.00815. The summed E-state index contributed by atoms with van der Waals surface area (Å²) in [5.74, 6) is 0.658. The van der Waals surface area contributed by atoms with E-state index in [1.165, 1.54) is 0 Å². The van der Waals surface area contributed by atoms with Crippen LogP contribution in [0, 0.1) is 6.92 Å². The summed E-state index contributed by atoms with van der Waals surface area (Å²) in [7, 11) is 0. The summed E-state index contributed by atoms with van der Waals surface area (Å²) in [5, 5.41) is 10.5. The minimum atomic E-state index is -0.849. The van der Waals surface area contributed by atoms with Crippen molar-refractivity contribution in [2.75, 3.05) is 18.0 Å². The second kappa shape index (κ2) is 5.31. The lowest BCUT2D eigenvalue weighted by Crippen LogP contribution is -2.40. The summed E-state index contributed by atoms with van der Waals surface area (Å²) < 4.78 is 0. The summed E-state index contributed by atoms with van der Waals surface area (Å²) >= 11 is 0. The van der Waals surface area contributed by atoms with Crippen molar-refractivity contribution in [3.05, 3.63) is 53.6 Å². The summed E-state index contributed by atoms with van der Waals surface area (Å²) in [4.78, 5) is 24.8. The van der Waals surface area contributed by atoms with Crippen LogP contribution < -0.4 is 4.90 Å². The number of fused-ring (bicyclic) bond motifs is 1. The van der Waals surface area contributed by atoms with Gasteiger partial charge in [0.05, 0.1) is 24.1 Å². The van der Waals surface area contributed by atoms with Gasteiger partial charge in [0.25, 0.3) is 5.91 Å². The molecule has 2 aromatic rings. The van der Waals surface area contributed by atoms with E-state index in [-0.39, 0.29) is 11.9 Å². The smallest absolute Gasteiger partial charge is 0.256 e. The van der Waals surface area contributed by atoms with E-state index < -0.39 is 6.23 Å². The van der Waals surface area contributed by atoms with E-state index in [4.69, 9.17) is 0 Å². The largest absolute Gasteiger partial charge is 0.369 e. The Kier molecular flexibility index (Phi) is 3.27. The second-order valence-electron chi connectivity index (χ2n) is 6.05. The fraction of sp³-hybridized carbons (Fsp3) is 0.353. The first kappa shape index (κ1) is 14.1. The molecule has 0 saturated carbocycles. The van der Waals surface area contributed by atoms with Gasteiger partial charge >= 0.3 is 0 Å². The van der Waals surface area contributed by atoms with E-state index in [0.717, 1.165) is 24.5 Å². The maximum absolute atomic E-state index is 12.6. The highest BCUT2D eigenvalue weighted by Gasteiger charge is 2.41. The zero-order valence-corrected chi connectivity index (χ0v) is 12.9. The molecule has 0 bridgehead atoms. The molecule has 1 N–H and O–H groups in total. The first-order valence-electron chi connectivity index (χ1n) is 7.78. The van der Waals surface area contributed by atoms with Gasteiger partial charge in [0, 0.05) is 24.2 Å². The van der Waals surface area contributed by atoms with Gasteiger partial charge in [0.2, 0.25) is 0 Å². The summed E-state index contributed by atoms with van der Waals surface area (Å²) in [6.07, 6.45) is 3.59. The normalized spacial score (nSPS) is 23.5. The van der Waals surface area contributed by atoms with Gasteiger partial charge in [-0.2, -0.15) is 0 Å². The number of hydrogen-bond donors (Lipinski definition) is 1. The molecule has 1 aromatic carbocycles. The molecule has 0 spiro atoms. The molecule has 1 aromatic heterocycles. The molecule has 23 heavy (non-hydrogen) atoms. The molecule has 6 heteroatoms. The molecule has 0 radical (unpaired) electrons. The second-order valence-corrected chi connectivity index (χ2v) is 6.05. The first-order chi connectivity index (χ1) is 11.1. The predicted octanol–water partition coefficient (Wildman–Crippen LogP) is 1.51. The molecule has 2 unspecified atom stereocenters. The fourth-order valence-electron chi connectivity index (χ4n) is 3.43. The third-order valence-electron chi connectivity index (χ3n) is 4.66. The van der Waals surface area contributed by atoms with Crippen LogP contribution in [0.15, 0.2) is 36.7 Å². The maximum Gasteiger partial charge on any atom is 0.256 e. The van der Waals surface area contributed by atoms with Gasteiger partial charge in [-0.15, -0.1) is 0 Å². The Bertz CT molecular complexity index is 747. The van der Waals surface area contributed by atoms with Crippen LogP contribution in [0.2, 0.25) is 0 Å². The van der Waals surface area contributed by atoms with Crippen LogP contribution in [-0.2, 0) is 0 Å². The van der Waals surface area contributed by atoms with Crippen LogP contribution in [0.1, 0.15) is 34.4 Å². The summed E-state index contributed by atoms with van der Waals surface area (Å²) in [5.41, 5.74) is 2.27. The van der Waals surface area contributed by atoms with Crippen LogP contribution in [-0.4, -0.2) is 45.0 Å². The number of rotatable bonds is 2. The first-order valence-corrected chi connectivity index (χ1v) is 7.78. The SMILES string of the molecule is Cc1ncc(N2CCC(N3C(=O)c4ccccc4C3O)C2)cn1. The topological polar surface area (TPSA) is 69.6 Å². The van der Waals surface area contributed by atoms with E-state index >= 15 is 0 Å². The van der Waals surface area contributed by atoms with E-state index in [1.807, 2.05) is 37.5 Å². The van der Waals surface area contributed by atoms with Crippen molar-refractivity contribution < 1.29 is 9.90 Å². The van der Waals surface area contributed by atoms with Crippen molar-refractivity contribution in [1.29, 1.82) is 0 Å². The lowest BCUT2D eigenvalue weighted by molar-refractivity contribution is 0.000871. The molecule has 2 atom stereocenters. The van der Waals surface area contributed by atoms with Gasteiger partial charge in [-0.25, -0.2) is 9.97 Å². The van der Waals surface area contributed by atoms with Gasteiger partial charge in [-0.3, -0.25) is 4.79 Å². The zero-order chi connectivity index (χ0) is 16.0. The monoisotopic (exact) mass is 310 g/mol. The van der Waals surface area contributed by atoms with Crippen molar-refractivity contribution in [2.45, 2.75) is 25.6 Å². The quantitative estimate of drug-likeness (QED) is 0.910. The Balaban J connectivity index is 1.55. The number of carbonyl (C=O) groups excluding carboxylic acids is 1. The van der Waals surface area contributed by atoms with E-state index in [2.05, 4.69) is 14.9 Å². The highest BCUT2D eigenvalue weighted by molar-refractivity contribution is 5.99. The lowest BCUT2D eigenvalue weighted by atomic mass is 10.1. The Labute approximate surface area is 134 Å². The highest BCUT2D eigenvalue weighted by atomic mass is 16.3. The Morgan fingerprint density at radius 2 is 1.96 bits per heavy atom. The molecule has 118 valence electrons. The Morgan fingerprint density at radius 3 is 2.70 bits per heavy atom. The maximum atomic E-state index is 12.6. The number of aryl methyl sites for hydroxylation is 1. The number of aliphatic hydroxyl groups excluding tert-OH is 1. The van der Waals surface area contributed by atoms with Crippen LogP contribution in [0.5, 0.6) is 0 Å². The van der Waals surface area contributed by atoms with Gasteiger partial charge in [0.1, 0.15) is 5.82 Å². The van der Waals surface area contributed by atoms with E-state index in [0.29, 0.717) is 17.7 Å². The van der Waals surface area contributed by atoms with Crippen molar-refractivity contribution in [1.82, 2.24) is 14.9 Å². The minimum Gasteiger partial charge on any atom is -0.369 e. The van der Waals surface area contributed by atoms with Crippen molar-refractivity contribution in [3.63, 3.8) is 0 Å². The van der Waals surface area contributed by atoms with Crippen LogP contribution in [0.4, 0.5) is 5.69 Å². The Morgan fingerprint density at radius 1 is 1.22 bits per heavy atom. The lowest BCUT2D eigenvalue weighted by Gasteiger charge is -2.28. The number of aliphatic hydroxyl groups is 1. The zero-order valence-electron chi connectivity index (χ0n) is 12.9. The fourth-order valence-corrected chi connectivity index (χ4v) is 3.43. The number of hydrogen-bond acceptors (Lipinski definition) is 5. The molecule has 3 heterocycles. The summed E-state index contributed by atoms with van der Waals surface area (Å²) in [6, 6.07) is 7.27. The number of benzene rings is 1. The molecule has 1 amide bonds. The van der Waals surface area contributed by atoms with Crippen molar-refractivity contribution >= 4 is 11.6 Å². The number of nitrogens with zero attached hydrogens (tertiary/aromatic N) is 4. The molecular formula is C17H18N4O2. The number of carbonyl (C=O) groups is 1. The van der Waals surface area contributed by atoms with E-state index in [9.17, 15) is 9.90 Å². The number of aromatic nitrogens is 2. The van der Waals surface area contributed by atoms with Crippen molar-refractivity contribution in [3.8, 4) is 0 Å². The molecule has 1 fully saturated rings. The third-order valence-corrected chi connectivity index (χ3v) is 4.66. The van der Waals surface area contributed by atoms with Gasteiger partial charge in [0.15, 0.2) is 6.23 Å². The van der Waals surface area contributed by atoms with Crippen LogP contribution in [0.25, 0.3) is 0 Å². The average Bonchev–Trinajstić information content (AvgIpc) is 3.13. The molecular weight excluding hydrogens is 292 g/mol. The van der Waals surface area contributed by atoms with Gasteiger partial charge in [-0.05, 0) is 19.4 Å². The number of amides is 1. The molecule has 6 nitrogen and oxygen atoms in total. The van der Waals surface area contributed by atoms with Crippen molar-refractivity contribution in [2.24, 2.45) is 0 Å². The standard InChI is InChI=1S/C17H18N4O2/c1-11-18-8-13(9-19-11)20-7-6-12(10-20)21-16(22)14-4-2-3-5-15(14)17(21)23/h2-5,8-9,12,16,22H,6-7,10H2,1H3. The molecule has 0 aliphatic carbocycles. The summed E-state index contributed by atoms with van der Waals surface area (Å²) in [6.45, 7) is 3.36. The average molecular weight is 310 g/mol. The van der Waals surface area contributed by atoms with Gasteiger partial charge in [-0.1, -0.05) is 18.2 Å². The van der Waals surface area contributed by atoms with Gasteiger partial charge < -0.3 is 14.9 Å². The molecule has 2 aliphatic heterocycles. The number of anilines is 1. The van der Waals surface area contributed by atoms with E-state index in [1.54, 1.807) is 11.0 Å². The molecule has 4 rings (SSSR count). The van der Waals surface area contributed by atoms with Crippen LogP contribution in [0.3, 0.4) is 0 Å². The Hall–Kier alpha value is -2.47. The predicted molar refractivity (Wildman–Crippen MR) is 85.0 cm³/mol. The third kappa shape index (κ3) is 2.26. The molecule has 2 aliphatic rings. The van der Waals surface area contributed by atoms with Crippen LogP contribution >= 0.6 is 0 Å². The molecule has 1 saturated heterocycles. The highest BCUT2D eigenvalue weighted by Crippen LogP contribution is 2.36.